The Hall–Kier alpha value is -2.24. The van der Waals surface area contributed by atoms with Crippen LogP contribution in [0.3, 0.4) is 0 Å². The van der Waals surface area contributed by atoms with Crippen molar-refractivity contribution in [3.05, 3.63) is 23.8 Å². The number of amides is 2. The summed E-state index contributed by atoms with van der Waals surface area (Å²) in [6.45, 7) is 0.981. The van der Waals surface area contributed by atoms with Crippen LogP contribution >= 0.6 is 0 Å². The maximum Gasteiger partial charge on any atom is 0.245 e. The number of rotatable bonds is 3. The molecule has 2 amide bonds. The van der Waals surface area contributed by atoms with Gasteiger partial charge >= 0.3 is 0 Å². The van der Waals surface area contributed by atoms with E-state index >= 15 is 0 Å². The van der Waals surface area contributed by atoms with Crippen molar-refractivity contribution in [3.63, 3.8) is 0 Å². The zero-order valence-corrected chi connectivity index (χ0v) is 13.6. The van der Waals surface area contributed by atoms with Crippen LogP contribution in [0.2, 0.25) is 0 Å². The van der Waals surface area contributed by atoms with Crippen LogP contribution in [0.5, 0.6) is 11.5 Å². The molecule has 6 heteroatoms. The molecular weight excluding hydrogens is 296 g/mol. The number of hydrogen-bond acceptors (Lipinski definition) is 4. The van der Waals surface area contributed by atoms with E-state index < -0.39 is 0 Å². The Bertz CT molecular complexity index is 617. The number of carbonyl (C=O) groups is 2. The minimum atomic E-state index is -0.357. The molecule has 0 spiro atoms. The van der Waals surface area contributed by atoms with Gasteiger partial charge in [0.2, 0.25) is 18.6 Å². The predicted molar refractivity (Wildman–Crippen MR) is 84.3 cm³/mol. The van der Waals surface area contributed by atoms with Gasteiger partial charge < -0.3 is 19.3 Å². The molecule has 6 nitrogen and oxygen atoms in total. The molecule has 0 radical (unpaired) electrons. The molecule has 0 aliphatic carbocycles. The number of nitrogens with zero attached hydrogens (tertiary/aromatic N) is 2. The van der Waals surface area contributed by atoms with Gasteiger partial charge in [0.15, 0.2) is 11.5 Å². The second kappa shape index (κ2) is 6.48. The second-order valence-corrected chi connectivity index (χ2v) is 6.14. The molecule has 1 atom stereocenters. The molecule has 0 N–H and O–H groups in total. The largest absolute Gasteiger partial charge is 0.454 e. The lowest BCUT2D eigenvalue weighted by Crippen LogP contribution is -2.47. The molecule has 1 fully saturated rings. The molecule has 1 aromatic carbocycles. The number of likely N-dealkylation sites (N-methyl/N-ethyl adjacent to an activating group) is 2. The predicted octanol–water partition coefficient (Wildman–Crippen LogP) is 1.43. The molecule has 2 aliphatic heterocycles. The van der Waals surface area contributed by atoms with Crippen molar-refractivity contribution in [2.75, 3.05) is 27.4 Å². The molecule has 124 valence electrons. The van der Waals surface area contributed by atoms with Gasteiger partial charge in [0.25, 0.3) is 0 Å². The second-order valence-electron chi connectivity index (χ2n) is 6.14. The molecule has 0 bridgehead atoms. The summed E-state index contributed by atoms with van der Waals surface area (Å²) in [6.07, 6.45) is 2.93. The molecular formula is C17H22N2O4. The van der Waals surface area contributed by atoms with E-state index in [2.05, 4.69) is 0 Å². The van der Waals surface area contributed by atoms with E-state index in [0.717, 1.165) is 31.4 Å². The van der Waals surface area contributed by atoms with E-state index in [1.165, 1.54) is 0 Å². The summed E-state index contributed by atoms with van der Waals surface area (Å²) in [6, 6.07) is 5.15. The van der Waals surface area contributed by atoms with Gasteiger partial charge in [-0.05, 0) is 37.0 Å². The van der Waals surface area contributed by atoms with Crippen molar-refractivity contribution in [1.29, 1.82) is 0 Å². The topological polar surface area (TPSA) is 59.1 Å². The van der Waals surface area contributed by atoms with Crippen molar-refractivity contribution in [2.45, 2.75) is 31.7 Å². The van der Waals surface area contributed by atoms with Crippen molar-refractivity contribution in [1.82, 2.24) is 9.80 Å². The van der Waals surface area contributed by atoms with Gasteiger partial charge in [0.05, 0.1) is 6.42 Å². The zero-order chi connectivity index (χ0) is 16.4. The Morgan fingerprint density at radius 1 is 1.30 bits per heavy atom. The average molecular weight is 318 g/mol. The number of likely N-dealkylation sites (tertiary alicyclic amines) is 1. The Kier molecular flexibility index (Phi) is 4.41. The van der Waals surface area contributed by atoms with Gasteiger partial charge in [-0.25, -0.2) is 0 Å². The summed E-state index contributed by atoms with van der Waals surface area (Å²) in [7, 11) is 3.52. The fraction of sp³-hybridized carbons (Fsp3) is 0.529. The highest BCUT2D eigenvalue weighted by molar-refractivity contribution is 5.88. The third-order valence-electron chi connectivity index (χ3n) is 4.54. The highest BCUT2D eigenvalue weighted by atomic mass is 16.7. The highest BCUT2D eigenvalue weighted by Gasteiger charge is 2.30. The summed E-state index contributed by atoms with van der Waals surface area (Å²) in [5, 5.41) is 0. The van der Waals surface area contributed by atoms with E-state index in [1.807, 2.05) is 18.2 Å². The molecule has 0 saturated carbocycles. The van der Waals surface area contributed by atoms with Crippen LogP contribution in [-0.4, -0.2) is 55.1 Å². The highest BCUT2D eigenvalue weighted by Crippen LogP contribution is 2.32. The minimum Gasteiger partial charge on any atom is -0.454 e. The third-order valence-corrected chi connectivity index (χ3v) is 4.54. The third kappa shape index (κ3) is 3.25. The molecule has 1 saturated heterocycles. The summed E-state index contributed by atoms with van der Waals surface area (Å²) < 4.78 is 10.6. The van der Waals surface area contributed by atoms with Crippen LogP contribution in [0.25, 0.3) is 0 Å². The fourth-order valence-corrected chi connectivity index (χ4v) is 3.06. The van der Waals surface area contributed by atoms with Crippen LogP contribution in [-0.2, 0) is 16.0 Å². The lowest BCUT2D eigenvalue weighted by Gasteiger charge is -2.28. The van der Waals surface area contributed by atoms with Gasteiger partial charge in [0.1, 0.15) is 6.04 Å². The number of ether oxygens (including phenoxy) is 2. The van der Waals surface area contributed by atoms with Gasteiger partial charge in [-0.15, -0.1) is 0 Å². The molecule has 23 heavy (non-hydrogen) atoms. The Morgan fingerprint density at radius 2 is 2.09 bits per heavy atom. The number of carbonyl (C=O) groups excluding carboxylic acids is 2. The Labute approximate surface area is 136 Å². The van der Waals surface area contributed by atoms with Crippen molar-refractivity contribution in [3.8, 4) is 11.5 Å². The van der Waals surface area contributed by atoms with Crippen molar-refractivity contribution < 1.29 is 19.1 Å². The first-order chi connectivity index (χ1) is 11.1. The Balaban J connectivity index is 1.68. The van der Waals surface area contributed by atoms with Crippen molar-refractivity contribution >= 4 is 11.8 Å². The van der Waals surface area contributed by atoms with Crippen LogP contribution in [0.4, 0.5) is 0 Å². The monoisotopic (exact) mass is 318 g/mol. The fourth-order valence-electron chi connectivity index (χ4n) is 3.06. The van der Waals surface area contributed by atoms with Gasteiger partial charge in [-0.1, -0.05) is 6.07 Å². The van der Waals surface area contributed by atoms with E-state index in [-0.39, 0.29) is 31.1 Å². The lowest BCUT2D eigenvalue weighted by atomic mass is 10.1. The molecule has 1 unspecified atom stereocenters. The maximum absolute atomic E-state index is 12.6. The van der Waals surface area contributed by atoms with E-state index in [9.17, 15) is 9.59 Å². The number of fused-ring (bicyclic) bond motifs is 1. The normalized spacial score (nSPS) is 20.3. The first-order valence-electron chi connectivity index (χ1n) is 7.95. The summed E-state index contributed by atoms with van der Waals surface area (Å²) in [4.78, 5) is 28.3. The average Bonchev–Trinajstić information content (AvgIpc) is 2.94. The maximum atomic E-state index is 12.6. The van der Waals surface area contributed by atoms with Gasteiger partial charge in [-0.2, -0.15) is 0 Å². The molecule has 2 aliphatic rings. The summed E-state index contributed by atoms with van der Waals surface area (Å²) >= 11 is 0. The first kappa shape index (κ1) is 15.6. The van der Waals surface area contributed by atoms with Gasteiger partial charge in [0, 0.05) is 20.6 Å². The summed E-state index contributed by atoms with van der Waals surface area (Å²) in [5.74, 6) is 1.35. The minimum absolute atomic E-state index is 0.0315. The Morgan fingerprint density at radius 3 is 2.91 bits per heavy atom. The van der Waals surface area contributed by atoms with E-state index in [4.69, 9.17) is 9.47 Å². The quantitative estimate of drug-likeness (QED) is 0.846. The first-order valence-corrected chi connectivity index (χ1v) is 7.95. The van der Waals surface area contributed by atoms with Crippen LogP contribution in [0.1, 0.15) is 24.8 Å². The van der Waals surface area contributed by atoms with Crippen LogP contribution in [0, 0.1) is 0 Å². The van der Waals surface area contributed by atoms with E-state index in [0.29, 0.717) is 11.5 Å². The zero-order valence-electron chi connectivity index (χ0n) is 13.6. The molecule has 2 heterocycles. The van der Waals surface area contributed by atoms with Crippen LogP contribution < -0.4 is 9.47 Å². The molecule has 0 aromatic heterocycles. The molecule has 3 rings (SSSR count). The SMILES string of the molecule is CN1CCCCC(N(C)C(=O)Cc2ccc3c(c2)OCO3)C1=O. The van der Waals surface area contributed by atoms with Gasteiger partial charge in [-0.3, -0.25) is 9.59 Å². The molecule has 1 aromatic rings. The smallest absolute Gasteiger partial charge is 0.245 e. The van der Waals surface area contributed by atoms with E-state index in [1.54, 1.807) is 23.9 Å². The lowest BCUT2D eigenvalue weighted by molar-refractivity contribution is -0.142. The van der Waals surface area contributed by atoms with Crippen LogP contribution in [0.15, 0.2) is 18.2 Å². The summed E-state index contributed by atoms with van der Waals surface area (Å²) in [5.41, 5.74) is 0.862. The number of benzene rings is 1. The van der Waals surface area contributed by atoms with Crippen molar-refractivity contribution in [2.24, 2.45) is 0 Å². The number of hydrogen-bond donors (Lipinski definition) is 0. The standard InChI is InChI=1S/C17H22N2O4/c1-18-8-4-3-5-13(17(18)21)19(2)16(20)10-12-6-7-14-15(9-12)23-11-22-14/h6-7,9,13H,3-5,8,10-11H2,1-2H3.